The van der Waals surface area contributed by atoms with Gasteiger partial charge in [0.2, 0.25) is 0 Å². The van der Waals surface area contributed by atoms with Gasteiger partial charge in [-0.1, -0.05) is 12.1 Å². The Kier molecular flexibility index (Phi) is 5.88. The fourth-order valence-electron chi connectivity index (χ4n) is 2.14. The number of nitro benzene ring substituents is 1. The van der Waals surface area contributed by atoms with Gasteiger partial charge < -0.3 is 4.74 Å². The van der Waals surface area contributed by atoms with E-state index in [9.17, 15) is 27.7 Å². The highest BCUT2D eigenvalue weighted by Crippen LogP contribution is 2.27. The summed E-state index contributed by atoms with van der Waals surface area (Å²) in [7, 11) is -4.36. The Hall–Kier alpha value is -3.01. The van der Waals surface area contributed by atoms with Crippen LogP contribution in [-0.2, 0) is 19.6 Å². The number of rotatable bonds is 7. The van der Waals surface area contributed by atoms with E-state index in [1.165, 1.54) is 18.2 Å². The van der Waals surface area contributed by atoms with Crippen LogP contribution in [0.1, 0.15) is 6.92 Å². The highest BCUT2D eigenvalue weighted by atomic mass is 32.2. The number of ether oxygens (including phenoxy) is 1. The van der Waals surface area contributed by atoms with Crippen LogP contribution in [0.25, 0.3) is 0 Å². The molecule has 0 saturated carbocycles. The van der Waals surface area contributed by atoms with Gasteiger partial charge in [-0.2, -0.15) is 0 Å². The molecule has 0 amide bonds. The van der Waals surface area contributed by atoms with Crippen molar-refractivity contribution in [2.24, 2.45) is 0 Å². The molecule has 138 valence electrons. The van der Waals surface area contributed by atoms with E-state index in [1.807, 2.05) is 0 Å². The van der Waals surface area contributed by atoms with E-state index in [2.05, 4.69) is 0 Å². The first-order valence-electron chi connectivity index (χ1n) is 7.44. The first-order valence-corrected chi connectivity index (χ1v) is 8.88. The van der Waals surface area contributed by atoms with Crippen LogP contribution in [0.4, 0.5) is 15.8 Å². The number of para-hydroxylation sites is 1. The lowest BCUT2D eigenvalue weighted by Crippen LogP contribution is -2.37. The van der Waals surface area contributed by atoms with Crippen molar-refractivity contribution in [3.8, 4) is 0 Å². The summed E-state index contributed by atoms with van der Waals surface area (Å²) in [4.78, 5) is 21.5. The minimum absolute atomic E-state index is 0.0293. The van der Waals surface area contributed by atoms with Gasteiger partial charge in [-0.15, -0.1) is 0 Å². The summed E-state index contributed by atoms with van der Waals surface area (Å²) in [5.74, 6) is -1.71. The van der Waals surface area contributed by atoms with Crippen molar-refractivity contribution in [1.82, 2.24) is 0 Å². The Bertz CT molecular complexity index is 915. The molecule has 0 heterocycles. The molecular formula is C16H15FN2O6S. The van der Waals surface area contributed by atoms with E-state index in [0.29, 0.717) is 4.31 Å². The number of anilines is 1. The molecule has 0 radical (unpaired) electrons. The lowest BCUT2D eigenvalue weighted by atomic mass is 10.3. The third-order valence-corrected chi connectivity index (χ3v) is 5.11. The molecular weight excluding hydrogens is 367 g/mol. The molecule has 0 aliphatic carbocycles. The number of nitro groups is 1. The molecule has 2 aromatic rings. The average Bonchev–Trinajstić information content (AvgIpc) is 2.60. The van der Waals surface area contributed by atoms with Crippen LogP contribution < -0.4 is 4.31 Å². The largest absolute Gasteiger partial charge is 0.465 e. The predicted octanol–water partition coefficient (Wildman–Crippen LogP) is 2.49. The fourth-order valence-corrected chi connectivity index (χ4v) is 3.56. The topological polar surface area (TPSA) is 107 Å². The van der Waals surface area contributed by atoms with Crippen molar-refractivity contribution in [1.29, 1.82) is 0 Å². The minimum Gasteiger partial charge on any atom is -0.465 e. The molecule has 0 aliphatic rings. The maximum atomic E-state index is 14.1. The zero-order valence-corrected chi connectivity index (χ0v) is 14.5. The van der Waals surface area contributed by atoms with Crippen molar-refractivity contribution in [2.45, 2.75) is 11.8 Å². The van der Waals surface area contributed by atoms with Crippen LogP contribution in [0.3, 0.4) is 0 Å². The van der Waals surface area contributed by atoms with Gasteiger partial charge >= 0.3 is 5.97 Å². The molecule has 0 aliphatic heterocycles. The second-order valence-electron chi connectivity index (χ2n) is 5.02. The maximum Gasteiger partial charge on any atom is 0.326 e. The lowest BCUT2D eigenvalue weighted by Gasteiger charge is -2.23. The molecule has 2 aromatic carbocycles. The van der Waals surface area contributed by atoms with Gasteiger partial charge in [0, 0.05) is 12.1 Å². The summed E-state index contributed by atoms with van der Waals surface area (Å²) in [6.07, 6.45) is 0. The number of nitrogens with zero attached hydrogens (tertiary/aromatic N) is 2. The van der Waals surface area contributed by atoms with E-state index >= 15 is 0 Å². The number of non-ortho nitro benzene ring substituents is 1. The molecule has 0 atom stereocenters. The molecule has 10 heteroatoms. The monoisotopic (exact) mass is 382 g/mol. The van der Waals surface area contributed by atoms with Gasteiger partial charge in [-0.25, -0.2) is 12.8 Å². The van der Waals surface area contributed by atoms with Gasteiger partial charge in [0.05, 0.1) is 22.1 Å². The SMILES string of the molecule is CCOC(=O)CN(c1ccccc1F)S(=O)(=O)c1ccc([N+](=O)[O-])cc1. The van der Waals surface area contributed by atoms with Crippen molar-refractivity contribution >= 4 is 27.4 Å². The van der Waals surface area contributed by atoms with E-state index in [4.69, 9.17) is 4.74 Å². The van der Waals surface area contributed by atoms with Crippen LogP contribution in [0.2, 0.25) is 0 Å². The molecule has 0 bridgehead atoms. The third kappa shape index (κ3) is 4.14. The van der Waals surface area contributed by atoms with Gasteiger partial charge in [0.15, 0.2) is 0 Å². The van der Waals surface area contributed by atoms with E-state index < -0.39 is 33.3 Å². The normalized spacial score (nSPS) is 11.0. The lowest BCUT2D eigenvalue weighted by molar-refractivity contribution is -0.384. The Morgan fingerprint density at radius 3 is 2.35 bits per heavy atom. The Morgan fingerprint density at radius 1 is 1.19 bits per heavy atom. The zero-order chi connectivity index (χ0) is 19.3. The Balaban J connectivity index is 2.50. The highest BCUT2D eigenvalue weighted by molar-refractivity contribution is 7.92. The number of halogens is 1. The summed E-state index contributed by atoms with van der Waals surface area (Å²) in [5.41, 5.74) is -0.634. The fraction of sp³-hybridized carbons (Fsp3) is 0.188. The molecule has 0 fully saturated rings. The molecule has 8 nitrogen and oxygen atoms in total. The van der Waals surface area contributed by atoms with Crippen molar-refractivity contribution < 1.29 is 27.3 Å². The van der Waals surface area contributed by atoms with Gasteiger partial charge in [0.25, 0.3) is 15.7 Å². The molecule has 0 saturated heterocycles. The Morgan fingerprint density at radius 2 is 1.81 bits per heavy atom. The smallest absolute Gasteiger partial charge is 0.326 e. The summed E-state index contributed by atoms with van der Waals surface area (Å²) in [5, 5.41) is 10.7. The second kappa shape index (κ2) is 7.91. The zero-order valence-electron chi connectivity index (χ0n) is 13.7. The summed E-state index contributed by atoms with van der Waals surface area (Å²) in [6.45, 7) is 0.839. The van der Waals surface area contributed by atoms with Crippen LogP contribution in [0, 0.1) is 15.9 Å². The predicted molar refractivity (Wildman–Crippen MR) is 90.7 cm³/mol. The van der Waals surface area contributed by atoms with Crippen molar-refractivity contribution in [2.75, 3.05) is 17.5 Å². The highest BCUT2D eigenvalue weighted by Gasteiger charge is 2.30. The third-order valence-electron chi connectivity index (χ3n) is 3.33. The van der Waals surface area contributed by atoms with Crippen molar-refractivity contribution in [3.63, 3.8) is 0 Å². The van der Waals surface area contributed by atoms with E-state index in [1.54, 1.807) is 6.92 Å². The van der Waals surface area contributed by atoms with Crippen LogP contribution in [-0.4, -0.2) is 32.5 Å². The summed E-state index contributed by atoms with van der Waals surface area (Å²) in [6, 6.07) is 9.12. The first-order chi connectivity index (χ1) is 12.3. The number of sulfonamides is 1. The van der Waals surface area contributed by atoms with E-state index in [-0.39, 0.29) is 22.9 Å². The quantitative estimate of drug-likeness (QED) is 0.414. The number of benzene rings is 2. The van der Waals surface area contributed by atoms with Crippen LogP contribution in [0.15, 0.2) is 53.4 Å². The number of hydrogen-bond donors (Lipinski definition) is 0. The van der Waals surface area contributed by atoms with Crippen molar-refractivity contribution in [3.05, 3.63) is 64.5 Å². The molecule has 0 aromatic heterocycles. The molecule has 0 spiro atoms. The molecule has 0 unspecified atom stereocenters. The summed E-state index contributed by atoms with van der Waals surface area (Å²) >= 11 is 0. The van der Waals surface area contributed by atoms with Crippen LogP contribution >= 0.6 is 0 Å². The molecule has 2 rings (SSSR count). The van der Waals surface area contributed by atoms with Crippen LogP contribution in [0.5, 0.6) is 0 Å². The average molecular weight is 382 g/mol. The second-order valence-corrected chi connectivity index (χ2v) is 6.88. The van der Waals surface area contributed by atoms with Gasteiger partial charge in [0.1, 0.15) is 12.4 Å². The number of hydrogen-bond acceptors (Lipinski definition) is 6. The Labute approximate surface area is 149 Å². The minimum atomic E-state index is -4.36. The molecule has 26 heavy (non-hydrogen) atoms. The van der Waals surface area contributed by atoms with Gasteiger partial charge in [-0.3, -0.25) is 19.2 Å². The standard InChI is InChI=1S/C16H15FN2O6S/c1-2-25-16(20)11-18(15-6-4-3-5-14(15)17)26(23,24)13-9-7-12(8-10-13)19(21)22/h3-10H,2,11H2,1H3. The van der Waals surface area contributed by atoms with E-state index in [0.717, 1.165) is 30.3 Å². The van der Waals surface area contributed by atoms with Gasteiger partial charge in [-0.05, 0) is 31.2 Å². The number of esters is 1. The number of carbonyl (C=O) groups excluding carboxylic acids is 1. The first kappa shape index (κ1) is 19.3. The number of carbonyl (C=O) groups is 1. The maximum absolute atomic E-state index is 14.1. The molecule has 0 N–H and O–H groups in total. The summed E-state index contributed by atoms with van der Waals surface area (Å²) < 4.78 is 45.2.